The third-order valence-electron chi connectivity index (χ3n) is 4.73. The molecule has 0 radical (unpaired) electrons. The molecule has 22 heavy (non-hydrogen) atoms. The van der Waals surface area contributed by atoms with Crippen LogP contribution in [-0.2, 0) is 6.54 Å². The second kappa shape index (κ2) is 7.02. The number of aliphatic hydroxyl groups is 1. The predicted molar refractivity (Wildman–Crippen MR) is 81.4 cm³/mol. The average Bonchev–Trinajstić information content (AvgIpc) is 3.30. The van der Waals surface area contributed by atoms with Crippen molar-refractivity contribution in [2.24, 2.45) is 5.92 Å². The SMILES string of the molecule is OCC[C@H]1CN(CC2CC2)CCN1Cc1ccc(F)c(F)c1. The molecule has 0 unspecified atom stereocenters. The Morgan fingerprint density at radius 2 is 1.95 bits per heavy atom. The van der Waals surface area contributed by atoms with Crippen molar-refractivity contribution in [2.45, 2.75) is 31.8 Å². The van der Waals surface area contributed by atoms with Gasteiger partial charge in [0.2, 0.25) is 0 Å². The van der Waals surface area contributed by atoms with Gasteiger partial charge in [0.25, 0.3) is 0 Å². The van der Waals surface area contributed by atoms with Gasteiger partial charge < -0.3 is 10.0 Å². The normalized spacial score (nSPS) is 23.9. The van der Waals surface area contributed by atoms with Gasteiger partial charge in [-0.1, -0.05) is 6.07 Å². The molecule has 0 aromatic heterocycles. The van der Waals surface area contributed by atoms with Gasteiger partial charge in [-0.25, -0.2) is 8.78 Å². The van der Waals surface area contributed by atoms with E-state index in [1.54, 1.807) is 6.07 Å². The average molecular weight is 310 g/mol. The van der Waals surface area contributed by atoms with Gasteiger partial charge in [-0.05, 0) is 42.9 Å². The van der Waals surface area contributed by atoms with Gasteiger partial charge in [0.1, 0.15) is 0 Å². The van der Waals surface area contributed by atoms with E-state index in [1.165, 1.54) is 31.5 Å². The highest BCUT2D eigenvalue weighted by molar-refractivity contribution is 5.18. The largest absolute Gasteiger partial charge is 0.396 e. The number of benzene rings is 1. The highest BCUT2D eigenvalue weighted by Crippen LogP contribution is 2.30. The standard InChI is InChI=1S/C17H24F2N2O/c18-16-4-3-14(9-17(16)19)11-21-7-6-20(10-13-1-2-13)12-15(21)5-8-22/h3-4,9,13,15,22H,1-2,5-8,10-12H2/t15-/m0/s1. The highest BCUT2D eigenvalue weighted by atomic mass is 19.2. The van der Waals surface area contributed by atoms with Crippen molar-refractivity contribution >= 4 is 0 Å². The number of aliphatic hydroxyl groups excluding tert-OH is 1. The summed E-state index contributed by atoms with van der Waals surface area (Å²) in [5.74, 6) is -0.721. The van der Waals surface area contributed by atoms with Gasteiger partial charge in [-0.2, -0.15) is 0 Å². The molecule has 1 heterocycles. The summed E-state index contributed by atoms with van der Waals surface area (Å²) in [5, 5.41) is 9.31. The van der Waals surface area contributed by atoms with Crippen LogP contribution < -0.4 is 0 Å². The lowest BCUT2D eigenvalue weighted by molar-refractivity contribution is 0.0515. The van der Waals surface area contributed by atoms with Gasteiger partial charge in [0.15, 0.2) is 11.6 Å². The van der Waals surface area contributed by atoms with Crippen LogP contribution in [0, 0.1) is 17.6 Å². The summed E-state index contributed by atoms with van der Waals surface area (Å²) in [6.07, 6.45) is 3.42. The third kappa shape index (κ3) is 4.03. The Labute approximate surface area is 130 Å². The summed E-state index contributed by atoms with van der Waals surface area (Å²) < 4.78 is 26.4. The van der Waals surface area contributed by atoms with E-state index in [2.05, 4.69) is 9.80 Å². The Morgan fingerprint density at radius 1 is 1.14 bits per heavy atom. The van der Waals surface area contributed by atoms with E-state index < -0.39 is 11.6 Å². The van der Waals surface area contributed by atoms with Crippen LogP contribution in [-0.4, -0.2) is 53.7 Å². The number of nitrogens with zero attached hydrogens (tertiary/aromatic N) is 2. The summed E-state index contributed by atoms with van der Waals surface area (Å²) in [6, 6.07) is 4.40. The number of piperazine rings is 1. The minimum atomic E-state index is -0.801. The fourth-order valence-corrected chi connectivity index (χ4v) is 3.29. The van der Waals surface area contributed by atoms with Crippen LogP contribution in [0.25, 0.3) is 0 Å². The molecule has 1 aromatic carbocycles. The number of rotatable bonds is 6. The number of hydrogen-bond acceptors (Lipinski definition) is 3. The smallest absolute Gasteiger partial charge is 0.159 e. The van der Waals surface area contributed by atoms with Gasteiger partial charge in [-0.15, -0.1) is 0 Å². The number of hydrogen-bond donors (Lipinski definition) is 1. The van der Waals surface area contributed by atoms with Crippen LogP contribution in [0.2, 0.25) is 0 Å². The molecule has 1 N–H and O–H groups in total. The molecule has 1 saturated carbocycles. The van der Waals surface area contributed by atoms with Gasteiger partial charge in [0.05, 0.1) is 0 Å². The summed E-state index contributed by atoms with van der Waals surface area (Å²) in [5.41, 5.74) is 0.789. The number of halogens is 2. The quantitative estimate of drug-likeness (QED) is 0.873. The Morgan fingerprint density at radius 3 is 2.64 bits per heavy atom. The zero-order chi connectivity index (χ0) is 15.5. The maximum atomic E-state index is 13.3. The fraction of sp³-hybridized carbons (Fsp3) is 0.647. The molecule has 1 aliphatic heterocycles. The first-order valence-electron chi connectivity index (χ1n) is 8.17. The molecule has 122 valence electrons. The second-order valence-electron chi connectivity index (χ2n) is 6.59. The molecule has 2 fully saturated rings. The van der Waals surface area contributed by atoms with Crippen LogP contribution in [0.15, 0.2) is 18.2 Å². The first-order chi connectivity index (χ1) is 10.7. The van der Waals surface area contributed by atoms with Crippen LogP contribution in [0.5, 0.6) is 0 Å². The van der Waals surface area contributed by atoms with E-state index in [4.69, 9.17) is 0 Å². The lowest BCUT2D eigenvalue weighted by Gasteiger charge is -2.41. The molecule has 1 aliphatic carbocycles. The van der Waals surface area contributed by atoms with Crippen molar-refractivity contribution in [1.82, 2.24) is 9.80 Å². The molecular weight excluding hydrogens is 286 g/mol. The Hall–Kier alpha value is -1.04. The van der Waals surface area contributed by atoms with E-state index >= 15 is 0 Å². The van der Waals surface area contributed by atoms with Gasteiger partial charge >= 0.3 is 0 Å². The molecule has 3 rings (SSSR count). The van der Waals surface area contributed by atoms with E-state index in [-0.39, 0.29) is 12.6 Å². The first kappa shape index (κ1) is 15.8. The summed E-state index contributed by atoms with van der Waals surface area (Å²) in [6.45, 7) is 4.83. The predicted octanol–water partition coefficient (Wildman–Crippen LogP) is 2.24. The molecule has 0 bridgehead atoms. The minimum absolute atomic E-state index is 0.163. The van der Waals surface area contributed by atoms with E-state index in [1.807, 2.05) is 0 Å². The van der Waals surface area contributed by atoms with Crippen molar-refractivity contribution in [1.29, 1.82) is 0 Å². The summed E-state index contributed by atoms with van der Waals surface area (Å²) in [7, 11) is 0. The molecule has 1 atom stereocenters. The van der Waals surface area contributed by atoms with Crippen LogP contribution in [0.1, 0.15) is 24.8 Å². The molecule has 2 aliphatic rings. The topological polar surface area (TPSA) is 26.7 Å². The Balaban J connectivity index is 1.61. The second-order valence-corrected chi connectivity index (χ2v) is 6.59. The molecule has 3 nitrogen and oxygen atoms in total. The molecule has 0 spiro atoms. The maximum absolute atomic E-state index is 13.3. The molecule has 5 heteroatoms. The van der Waals surface area contributed by atoms with Crippen molar-refractivity contribution in [3.8, 4) is 0 Å². The minimum Gasteiger partial charge on any atom is -0.396 e. The van der Waals surface area contributed by atoms with Crippen LogP contribution in [0.4, 0.5) is 8.78 Å². The lowest BCUT2D eigenvalue weighted by Crippen LogP contribution is -2.53. The lowest BCUT2D eigenvalue weighted by atomic mass is 10.1. The van der Waals surface area contributed by atoms with Gasteiger partial charge in [0, 0.05) is 45.4 Å². The molecule has 1 aromatic rings. The zero-order valence-corrected chi connectivity index (χ0v) is 12.8. The first-order valence-corrected chi connectivity index (χ1v) is 8.17. The fourth-order valence-electron chi connectivity index (χ4n) is 3.29. The van der Waals surface area contributed by atoms with E-state index in [9.17, 15) is 13.9 Å². The maximum Gasteiger partial charge on any atom is 0.159 e. The highest BCUT2D eigenvalue weighted by Gasteiger charge is 2.30. The van der Waals surface area contributed by atoms with Crippen molar-refractivity contribution in [3.05, 3.63) is 35.4 Å². The zero-order valence-electron chi connectivity index (χ0n) is 12.8. The van der Waals surface area contributed by atoms with E-state index in [0.717, 1.165) is 37.5 Å². The Bertz CT molecular complexity index is 507. The van der Waals surface area contributed by atoms with Gasteiger partial charge in [-0.3, -0.25) is 4.90 Å². The van der Waals surface area contributed by atoms with Crippen LogP contribution in [0.3, 0.4) is 0 Å². The van der Waals surface area contributed by atoms with Crippen molar-refractivity contribution in [3.63, 3.8) is 0 Å². The molecule has 1 saturated heterocycles. The summed E-state index contributed by atoms with van der Waals surface area (Å²) in [4.78, 5) is 4.77. The Kier molecular flexibility index (Phi) is 5.06. The van der Waals surface area contributed by atoms with Crippen LogP contribution >= 0.6 is 0 Å². The summed E-state index contributed by atoms with van der Waals surface area (Å²) >= 11 is 0. The molecular formula is C17H24F2N2O. The van der Waals surface area contributed by atoms with Crippen molar-refractivity contribution in [2.75, 3.05) is 32.8 Å². The third-order valence-corrected chi connectivity index (χ3v) is 4.73. The monoisotopic (exact) mass is 310 g/mol. The molecule has 0 amide bonds. The van der Waals surface area contributed by atoms with E-state index in [0.29, 0.717) is 6.54 Å². The van der Waals surface area contributed by atoms with Crippen molar-refractivity contribution < 1.29 is 13.9 Å².